The lowest BCUT2D eigenvalue weighted by atomic mass is 10.5. The summed E-state index contributed by atoms with van der Waals surface area (Å²) in [6.07, 6.45) is 1.68. The van der Waals surface area contributed by atoms with Gasteiger partial charge < -0.3 is 20.3 Å². The van der Waals surface area contributed by atoms with Crippen LogP contribution in [0.1, 0.15) is 0 Å². The number of aromatic nitrogens is 2. The Morgan fingerprint density at radius 3 is 2.59 bits per heavy atom. The fraction of sp³-hybridized carbons (Fsp3) is 0.727. The van der Waals surface area contributed by atoms with Gasteiger partial charge in [-0.15, -0.1) is 0 Å². The summed E-state index contributed by atoms with van der Waals surface area (Å²) in [4.78, 5) is 4.05. The number of nitrogen functional groups attached to an aromatic ring is 1. The van der Waals surface area contributed by atoms with Gasteiger partial charge in [-0.1, -0.05) is 0 Å². The zero-order valence-corrected chi connectivity index (χ0v) is 11.2. The van der Waals surface area contributed by atoms with Crippen molar-refractivity contribution in [1.82, 2.24) is 14.7 Å². The van der Waals surface area contributed by atoms with Gasteiger partial charge in [0.1, 0.15) is 5.82 Å². The van der Waals surface area contributed by atoms with Crippen LogP contribution in [0.15, 0.2) is 6.20 Å². The lowest BCUT2D eigenvalue weighted by Crippen LogP contribution is -2.21. The second-order valence-corrected chi connectivity index (χ2v) is 4.46. The Morgan fingerprint density at radius 1 is 1.29 bits per heavy atom. The fourth-order valence-corrected chi connectivity index (χ4v) is 1.55. The van der Waals surface area contributed by atoms with Crippen LogP contribution in [0.3, 0.4) is 0 Å². The zero-order valence-electron chi connectivity index (χ0n) is 11.2. The highest BCUT2D eigenvalue weighted by Gasteiger charge is 2.09. The molecule has 0 aromatic carbocycles. The predicted octanol–water partition coefficient (Wildman–Crippen LogP) is 0.110. The van der Waals surface area contributed by atoms with Gasteiger partial charge in [0, 0.05) is 20.6 Å². The Bertz CT molecular complexity index is 335. The van der Waals surface area contributed by atoms with Crippen LogP contribution in [0.5, 0.6) is 0 Å². The number of nitrogens with zero attached hydrogens (tertiary/aromatic N) is 4. The molecule has 0 aliphatic rings. The molecule has 0 spiro atoms. The van der Waals surface area contributed by atoms with Crippen LogP contribution >= 0.6 is 0 Å². The van der Waals surface area contributed by atoms with Crippen molar-refractivity contribution in [3.8, 4) is 0 Å². The van der Waals surface area contributed by atoms with E-state index in [0.29, 0.717) is 12.3 Å². The Morgan fingerprint density at radius 2 is 2.00 bits per heavy atom. The highest BCUT2D eigenvalue weighted by Crippen LogP contribution is 2.19. The first kappa shape index (κ1) is 13.8. The van der Waals surface area contributed by atoms with Gasteiger partial charge in [-0.25, -0.2) is 4.68 Å². The molecule has 6 heteroatoms. The normalized spacial score (nSPS) is 11.1. The fourth-order valence-electron chi connectivity index (χ4n) is 1.55. The van der Waals surface area contributed by atoms with E-state index in [1.54, 1.807) is 6.20 Å². The van der Waals surface area contributed by atoms with Gasteiger partial charge in [-0.3, -0.25) is 0 Å². The van der Waals surface area contributed by atoms with Gasteiger partial charge in [0.2, 0.25) is 0 Å². The predicted molar refractivity (Wildman–Crippen MR) is 70.3 cm³/mol. The van der Waals surface area contributed by atoms with Gasteiger partial charge >= 0.3 is 0 Å². The van der Waals surface area contributed by atoms with Crippen LogP contribution in [0.25, 0.3) is 0 Å². The van der Waals surface area contributed by atoms with E-state index in [0.717, 1.165) is 25.5 Å². The van der Waals surface area contributed by atoms with Crippen LogP contribution < -0.4 is 10.6 Å². The average molecular weight is 241 g/mol. The van der Waals surface area contributed by atoms with Crippen molar-refractivity contribution >= 4 is 11.5 Å². The first-order chi connectivity index (χ1) is 8.02. The molecule has 0 atom stereocenters. The Kier molecular flexibility index (Phi) is 5.24. The summed E-state index contributed by atoms with van der Waals surface area (Å²) in [7, 11) is 7.97. The first-order valence-corrected chi connectivity index (χ1v) is 5.73. The molecule has 0 amide bonds. The number of ether oxygens (including phenoxy) is 1. The molecule has 0 aliphatic carbocycles. The molecule has 0 bridgehead atoms. The second kappa shape index (κ2) is 6.46. The molecule has 6 nitrogen and oxygen atoms in total. The molecule has 98 valence electrons. The lowest BCUT2D eigenvalue weighted by molar-refractivity contribution is 0.109. The monoisotopic (exact) mass is 241 g/mol. The molecule has 0 fully saturated rings. The summed E-state index contributed by atoms with van der Waals surface area (Å²) in [5.74, 6) is 0.932. The molecule has 2 N–H and O–H groups in total. The number of hydrogen-bond donors (Lipinski definition) is 1. The van der Waals surface area contributed by atoms with Crippen LogP contribution in [0.4, 0.5) is 11.5 Å². The molecule has 0 radical (unpaired) electrons. The summed E-state index contributed by atoms with van der Waals surface area (Å²) in [5.41, 5.74) is 6.54. The third-order valence-electron chi connectivity index (χ3n) is 2.39. The van der Waals surface area contributed by atoms with Crippen molar-refractivity contribution in [1.29, 1.82) is 0 Å². The van der Waals surface area contributed by atoms with Crippen LogP contribution in [0.2, 0.25) is 0 Å². The second-order valence-electron chi connectivity index (χ2n) is 4.46. The maximum absolute atomic E-state index is 5.84. The van der Waals surface area contributed by atoms with Crippen LogP contribution in [-0.2, 0) is 11.3 Å². The minimum absolute atomic E-state index is 0.649. The van der Waals surface area contributed by atoms with Crippen molar-refractivity contribution in [2.24, 2.45) is 0 Å². The van der Waals surface area contributed by atoms with Gasteiger partial charge in [-0.05, 0) is 14.1 Å². The number of likely N-dealkylation sites (N-methyl/N-ethyl adjacent to an activating group) is 1. The van der Waals surface area contributed by atoms with E-state index in [1.807, 2.05) is 37.8 Å². The largest absolute Gasteiger partial charge is 0.394 e. The number of anilines is 2. The quantitative estimate of drug-likeness (QED) is 0.687. The van der Waals surface area contributed by atoms with Gasteiger partial charge in [0.25, 0.3) is 0 Å². The summed E-state index contributed by atoms with van der Waals surface area (Å²) in [6.45, 7) is 3.04. The van der Waals surface area contributed by atoms with E-state index in [9.17, 15) is 0 Å². The van der Waals surface area contributed by atoms with Crippen molar-refractivity contribution in [2.75, 3.05) is 58.6 Å². The molecular formula is C11H23N5O. The summed E-state index contributed by atoms with van der Waals surface area (Å²) >= 11 is 0. The molecular weight excluding hydrogens is 218 g/mol. The Hall–Kier alpha value is -1.27. The van der Waals surface area contributed by atoms with Crippen LogP contribution in [0, 0.1) is 0 Å². The molecule has 1 heterocycles. The van der Waals surface area contributed by atoms with E-state index in [2.05, 4.69) is 10.00 Å². The molecule has 0 saturated carbocycles. The number of rotatable bonds is 7. The van der Waals surface area contributed by atoms with Crippen molar-refractivity contribution in [2.45, 2.75) is 6.54 Å². The minimum Gasteiger partial charge on any atom is -0.394 e. The number of nitrogens with two attached hydrogens (primary N) is 1. The molecule has 1 aromatic rings. The van der Waals surface area contributed by atoms with Crippen molar-refractivity contribution < 1.29 is 4.74 Å². The molecule has 17 heavy (non-hydrogen) atoms. The lowest BCUT2D eigenvalue weighted by Gasteiger charge is -2.16. The topological polar surface area (TPSA) is 59.6 Å². The maximum Gasteiger partial charge on any atom is 0.149 e. The summed E-state index contributed by atoms with van der Waals surface area (Å²) in [5, 5.41) is 4.23. The standard InChI is InChI=1S/C11H23N5O/c1-14(2)5-7-17-8-6-16-11(15(3)4)10(12)9-13-16/h9H,5-8,12H2,1-4H3. The molecule has 1 rings (SSSR count). The minimum atomic E-state index is 0.649. The van der Waals surface area contributed by atoms with Gasteiger partial charge in [-0.2, -0.15) is 5.10 Å². The van der Waals surface area contributed by atoms with Gasteiger partial charge in [0.05, 0.1) is 31.6 Å². The molecule has 0 unspecified atom stereocenters. The van der Waals surface area contributed by atoms with E-state index < -0.39 is 0 Å². The Labute approximate surface area is 103 Å². The molecule has 1 aromatic heterocycles. The SMILES string of the molecule is CN(C)CCOCCn1ncc(N)c1N(C)C. The maximum atomic E-state index is 5.84. The molecule has 0 aliphatic heterocycles. The smallest absolute Gasteiger partial charge is 0.149 e. The number of hydrogen-bond acceptors (Lipinski definition) is 5. The highest BCUT2D eigenvalue weighted by molar-refractivity contribution is 5.61. The van der Waals surface area contributed by atoms with Crippen molar-refractivity contribution in [3.63, 3.8) is 0 Å². The summed E-state index contributed by atoms with van der Waals surface area (Å²) in [6, 6.07) is 0. The van der Waals surface area contributed by atoms with E-state index in [-0.39, 0.29) is 0 Å². The van der Waals surface area contributed by atoms with Gasteiger partial charge in [0.15, 0.2) is 0 Å². The highest BCUT2D eigenvalue weighted by atomic mass is 16.5. The Balaban J connectivity index is 2.37. The van der Waals surface area contributed by atoms with E-state index in [4.69, 9.17) is 10.5 Å². The zero-order chi connectivity index (χ0) is 12.8. The van der Waals surface area contributed by atoms with Crippen molar-refractivity contribution in [3.05, 3.63) is 6.20 Å². The van der Waals surface area contributed by atoms with Crippen LogP contribution in [-0.4, -0.2) is 62.6 Å². The average Bonchev–Trinajstić information content (AvgIpc) is 2.59. The third kappa shape index (κ3) is 4.24. The first-order valence-electron chi connectivity index (χ1n) is 5.73. The molecule has 0 saturated heterocycles. The summed E-state index contributed by atoms with van der Waals surface area (Å²) < 4.78 is 7.40. The van der Waals surface area contributed by atoms with E-state index in [1.165, 1.54) is 0 Å². The van der Waals surface area contributed by atoms with E-state index >= 15 is 0 Å². The third-order valence-corrected chi connectivity index (χ3v) is 2.39.